The summed E-state index contributed by atoms with van der Waals surface area (Å²) in [5, 5.41) is 4.00. The van der Waals surface area contributed by atoms with Gasteiger partial charge in [-0.1, -0.05) is 37.6 Å². The van der Waals surface area contributed by atoms with Crippen molar-refractivity contribution in [3.05, 3.63) is 34.1 Å². The van der Waals surface area contributed by atoms with E-state index in [4.69, 9.17) is 10.3 Å². The van der Waals surface area contributed by atoms with Gasteiger partial charge < -0.3 is 10.3 Å². The lowest BCUT2D eigenvalue weighted by molar-refractivity contribution is 0.303. The van der Waals surface area contributed by atoms with Crippen LogP contribution in [-0.2, 0) is 0 Å². The first-order chi connectivity index (χ1) is 8.79. The van der Waals surface area contributed by atoms with E-state index in [1.54, 1.807) is 0 Å². The SMILES string of the molecule is Cc1ccc(Br)c(-c2nc(C(N)C(C)(C)C)no2)c1. The molecule has 0 saturated heterocycles. The minimum atomic E-state index is -0.256. The van der Waals surface area contributed by atoms with Gasteiger partial charge in [0.05, 0.1) is 11.6 Å². The van der Waals surface area contributed by atoms with Gasteiger partial charge in [-0.2, -0.15) is 4.98 Å². The molecule has 2 rings (SSSR count). The average Bonchev–Trinajstić information content (AvgIpc) is 2.79. The lowest BCUT2D eigenvalue weighted by atomic mass is 9.87. The fourth-order valence-corrected chi connectivity index (χ4v) is 2.08. The van der Waals surface area contributed by atoms with Gasteiger partial charge in [0.15, 0.2) is 5.82 Å². The summed E-state index contributed by atoms with van der Waals surface area (Å²) in [6.45, 7) is 8.18. The van der Waals surface area contributed by atoms with Crippen molar-refractivity contribution in [1.82, 2.24) is 10.1 Å². The summed E-state index contributed by atoms with van der Waals surface area (Å²) in [5.41, 5.74) is 8.05. The van der Waals surface area contributed by atoms with Gasteiger partial charge in [0.25, 0.3) is 5.89 Å². The van der Waals surface area contributed by atoms with Crippen molar-refractivity contribution >= 4 is 15.9 Å². The molecule has 2 aromatic rings. The van der Waals surface area contributed by atoms with Crippen molar-refractivity contribution in [2.45, 2.75) is 33.7 Å². The quantitative estimate of drug-likeness (QED) is 0.911. The molecular formula is C14H18BrN3O. The van der Waals surface area contributed by atoms with Crippen molar-refractivity contribution in [2.24, 2.45) is 11.1 Å². The zero-order valence-corrected chi connectivity index (χ0v) is 13.2. The van der Waals surface area contributed by atoms with Crippen LogP contribution in [0.15, 0.2) is 27.2 Å². The molecule has 1 atom stereocenters. The minimum Gasteiger partial charge on any atom is -0.334 e. The van der Waals surface area contributed by atoms with Crippen molar-refractivity contribution < 1.29 is 4.52 Å². The molecule has 102 valence electrons. The van der Waals surface area contributed by atoms with E-state index in [2.05, 4.69) is 46.8 Å². The molecule has 4 nitrogen and oxygen atoms in total. The Morgan fingerprint density at radius 3 is 2.63 bits per heavy atom. The van der Waals surface area contributed by atoms with Crippen LogP contribution in [0.3, 0.4) is 0 Å². The number of nitrogens with two attached hydrogens (primary N) is 1. The monoisotopic (exact) mass is 323 g/mol. The van der Waals surface area contributed by atoms with E-state index in [-0.39, 0.29) is 11.5 Å². The number of aromatic nitrogens is 2. The zero-order valence-electron chi connectivity index (χ0n) is 11.6. The maximum absolute atomic E-state index is 6.13. The minimum absolute atomic E-state index is 0.106. The van der Waals surface area contributed by atoms with Gasteiger partial charge >= 0.3 is 0 Å². The van der Waals surface area contributed by atoms with E-state index in [0.29, 0.717) is 11.7 Å². The number of rotatable bonds is 2. The van der Waals surface area contributed by atoms with Crippen LogP contribution in [0.4, 0.5) is 0 Å². The largest absolute Gasteiger partial charge is 0.334 e. The summed E-state index contributed by atoms with van der Waals surface area (Å²) in [6, 6.07) is 5.74. The first-order valence-corrected chi connectivity index (χ1v) is 6.94. The normalized spacial score (nSPS) is 13.6. The highest BCUT2D eigenvalue weighted by Crippen LogP contribution is 2.32. The van der Waals surface area contributed by atoms with Gasteiger partial charge in [0.2, 0.25) is 0 Å². The first-order valence-electron chi connectivity index (χ1n) is 6.15. The Morgan fingerprint density at radius 1 is 1.32 bits per heavy atom. The van der Waals surface area contributed by atoms with Crippen LogP contribution >= 0.6 is 15.9 Å². The number of nitrogens with zero attached hydrogens (tertiary/aromatic N) is 2. The van der Waals surface area contributed by atoms with Crippen LogP contribution in [0.5, 0.6) is 0 Å². The molecule has 5 heteroatoms. The van der Waals surface area contributed by atoms with Gasteiger partial charge in [0.1, 0.15) is 0 Å². The number of hydrogen-bond donors (Lipinski definition) is 1. The molecule has 0 fully saturated rings. The van der Waals surface area contributed by atoms with Gasteiger partial charge in [-0.05, 0) is 40.4 Å². The van der Waals surface area contributed by atoms with Crippen LogP contribution in [0.25, 0.3) is 11.5 Å². The molecule has 2 N–H and O–H groups in total. The predicted octanol–water partition coefficient (Wildman–Crippen LogP) is 3.85. The molecule has 0 spiro atoms. The zero-order chi connectivity index (χ0) is 14.2. The lowest BCUT2D eigenvalue weighted by Gasteiger charge is -2.23. The third-order valence-electron chi connectivity index (χ3n) is 3.01. The standard InChI is InChI=1S/C14H18BrN3O/c1-8-5-6-10(15)9(7-8)13-17-12(18-19-13)11(16)14(2,3)4/h5-7,11H,16H2,1-4H3. The highest BCUT2D eigenvalue weighted by atomic mass is 79.9. The Bertz CT molecular complexity index is 587. The Hall–Kier alpha value is -1.20. The topological polar surface area (TPSA) is 64.9 Å². The first kappa shape index (κ1) is 14.2. The van der Waals surface area contributed by atoms with E-state index in [9.17, 15) is 0 Å². The van der Waals surface area contributed by atoms with Crippen LogP contribution in [-0.4, -0.2) is 10.1 Å². The predicted molar refractivity (Wildman–Crippen MR) is 78.6 cm³/mol. The molecule has 0 aliphatic rings. The van der Waals surface area contributed by atoms with Gasteiger partial charge in [-0.25, -0.2) is 0 Å². The van der Waals surface area contributed by atoms with E-state index in [0.717, 1.165) is 15.6 Å². The fraction of sp³-hybridized carbons (Fsp3) is 0.429. The summed E-state index contributed by atoms with van der Waals surface area (Å²) in [7, 11) is 0. The van der Waals surface area contributed by atoms with E-state index in [1.807, 2.05) is 25.1 Å². The molecule has 0 radical (unpaired) electrons. The summed E-state index contributed by atoms with van der Waals surface area (Å²) in [4.78, 5) is 4.42. The molecular weight excluding hydrogens is 306 g/mol. The third kappa shape index (κ3) is 3.04. The highest BCUT2D eigenvalue weighted by molar-refractivity contribution is 9.10. The van der Waals surface area contributed by atoms with E-state index >= 15 is 0 Å². The summed E-state index contributed by atoms with van der Waals surface area (Å²) in [6.07, 6.45) is 0. The van der Waals surface area contributed by atoms with Crippen LogP contribution in [0.1, 0.15) is 38.2 Å². The summed E-state index contributed by atoms with van der Waals surface area (Å²) in [5.74, 6) is 1.03. The average molecular weight is 324 g/mol. The van der Waals surface area contributed by atoms with E-state index in [1.165, 1.54) is 0 Å². The van der Waals surface area contributed by atoms with Crippen molar-refractivity contribution in [3.8, 4) is 11.5 Å². The van der Waals surface area contributed by atoms with Gasteiger partial charge in [0, 0.05) is 4.47 Å². The fourth-order valence-electron chi connectivity index (χ4n) is 1.66. The highest BCUT2D eigenvalue weighted by Gasteiger charge is 2.27. The van der Waals surface area contributed by atoms with E-state index < -0.39 is 0 Å². The Morgan fingerprint density at radius 2 is 2.00 bits per heavy atom. The van der Waals surface area contributed by atoms with Crippen molar-refractivity contribution in [3.63, 3.8) is 0 Å². The molecule has 0 aliphatic heterocycles. The Kier molecular flexibility index (Phi) is 3.78. The number of aryl methyl sites for hydroxylation is 1. The second kappa shape index (κ2) is 5.06. The molecule has 19 heavy (non-hydrogen) atoms. The lowest BCUT2D eigenvalue weighted by Crippen LogP contribution is -2.27. The second-order valence-corrected chi connectivity index (χ2v) is 6.64. The molecule has 0 saturated carbocycles. The molecule has 1 heterocycles. The van der Waals surface area contributed by atoms with Crippen molar-refractivity contribution in [1.29, 1.82) is 0 Å². The smallest absolute Gasteiger partial charge is 0.259 e. The Balaban J connectivity index is 2.39. The van der Waals surface area contributed by atoms with Crippen LogP contribution in [0.2, 0.25) is 0 Å². The molecule has 1 aromatic carbocycles. The van der Waals surface area contributed by atoms with Crippen molar-refractivity contribution in [2.75, 3.05) is 0 Å². The third-order valence-corrected chi connectivity index (χ3v) is 3.70. The molecule has 0 amide bonds. The molecule has 0 aliphatic carbocycles. The maximum Gasteiger partial charge on any atom is 0.259 e. The molecule has 1 aromatic heterocycles. The molecule has 1 unspecified atom stereocenters. The van der Waals surface area contributed by atoms with Crippen LogP contribution < -0.4 is 5.73 Å². The molecule has 0 bridgehead atoms. The number of benzene rings is 1. The Labute approximate surface area is 121 Å². The van der Waals surface area contributed by atoms with Crippen LogP contribution in [0, 0.1) is 12.3 Å². The summed E-state index contributed by atoms with van der Waals surface area (Å²) >= 11 is 3.49. The maximum atomic E-state index is 6.13. The van der Waals surface area contributed by atoms with Gasteiger partial charge in [-0.3, -0.25) is 0 Å². The number of halogens is 1. The second-order valence-electron chi connectivity index (χ2n) is 5.78. The summed E-state index contributed by atoms with van der Waals surface area (Å²) < 4.78 is 6.26. The number of hydrogen-bond acceptors (Lipinski definition) is 4. The van der Waals surface area contributed by atoms with Gasteiger partial charge in [-0.15, -0.1) is 0 Å².